The van der Waals surface area contributed by atoms with Crippen molar-refractivity contribution < 1.29 is 4.79 Å². The average Bonchev–Trinajstić information content (AvgIpc) is 2.69. The Morgan fingerprint density at radius 2 is 2.12 bits per heavy atom. The lowest BCUT2D eigenvalue weighted by Gasteiger charge is -2.19. The van der Waals surface area contributed by atoms with Crippen LogP contribution in [0.5, 0.6) is 0 Å². The highest BCUT2D eigenvalue weighted by molar-refractivity contribution is 5.76. The van der Waals surface area contributed by atoms with Crippen LogP contribution in [0.2, 0.25) is 0 Å². The van der Waals surface area contributed by atoms with Gasteiger partial charge >= 0.3 is 0 Å². The Morgan fingerprint density at radius 3 is 2.94 bits per heavy atom. The Morgan fingerprint density at radius 1 is 1.31 bits per heavy atom. The summed E-state index contributed by atoms with van der Waals surface area (Å²) in [7, 11) is 0. The van der Waals surface area contributed by atoms with Crippen LogP contribution in [0.4, 0.5) is 0 Å². The van der Waals surface area contributed by atoms with Gasteiger partial charge in [0, 0.05) is 32.1 Å². The van der Waals surface area contributed by atoms with Gasteiger partial charge in [0.1, 0.15) is 0 Å². The van der Waals surface area contributed by atoms with Crippen LogP contribution < -0.4 is 10.6 Å². The van der Waals surface area contributed by atoms with E-state index in [9.17, 15) is 4.79 Å². The van der Waals surface area contributed by atoms with Gasteiger partial charge in [-0.3, -0.25) is 4.79 Å². The molecule has 2 heterocycles. The van der Waals surface area contributed by atoms with Gasteiger partial charge in [-0.1, -0.05) is 0 Å². The average molecular weight is 225 g/mol. The van der Waals surface area contributed by atoms with Crippen molar-refractivity contribution in [3.05, 3.63) is 0 Å². The van der Waals surface area contributed by atoms with Crippen LogP contribution in [0, 0.1) is 0 Å². The summed E-state index contributed by atoms with van der Waals surface area (Å²) >= 11 is 0. The highest BCUT2D eigenvalue weighted by atomic mass is 16.1. The van der Waals surface area contributed by atoms with E-state index >= 15 is 0 Å². The van der Waals surface area contributed by atoms with E-state index in [2.05, 4.69) is 15.5 Å². The molecule has 2 aliphatic heterocycles. The molecule has 0 aliphatic carbocycles. The lowest BCUT2D eigenvalue weighted by Crippen LogP contribution is -2.37. The van der Waals surface area contributed by atoms with Gasteiger partial charge in [0.2, 0.25) is 5.91 Å². The molecule has 0 bridgehead atoms. The Labute approximate surface area is 97.8 Å². The van der Waals surface area contributed by atoms with Gasteiger partial charge in [-0.2, -0.15) is 0 Å². The summed E-state index contributed by atoms with van der Waals surface area (Å²) < 4.78 is 0. The zero-order valence-electron chi connectivity index (χ0n) is 10.0. The van der Waals surface area contributed by atoms with E-state index in [4.69, 9.17) is 0 Å². The molecule has 92 valence electrons. The summed E-state index contributed by atoms with van der Waals surface area (Å²) in [4.78, 5) is 13.9. The molecule has 0 aromatic rings. The molecular formula is C12H23N3O. The second kappa shape index (κ2) is 6.21. The molecule has 2 fully saturated rings. The van der Waals surface area contributed by atoms with Gasteiger partial charge in [-0.15, -0.1) is 0 Å². The second-order valence-electron chi connectivity index (χ2n) is 4.90. The molecule has 4 heteroatoms. The minimum Gasteiger partial charge on any atom is -0.356 e. The standard InChI is InChI=1S/C12H23N3O/c16-12-10-11(4-3-5-14-12)13-6-9-15-7-1-2-8-15/h11,13H,1-10H2,(H,14,16). The van der Waals surface area contributed by atoms with Crippen LogP contribution in [-0.4, -0.2) is 49.6 Å². The minimum atomic E-state index is 0.205. The molecule has 0 radical (unpaired) electrons. The number of hydrogen-bond donors (Lipinski definition) is 2. The predicted octanol–water partition coefficient (Wildman–Crippen LogP) is 0.341. The monoisotopic (exact) mass is 225 g/mol. The molecule has 0 aromatic carbocycles. The predicted molar refractivity (Wildman–Crippen MR) is 64.3 cm³/mol. The summed E-state index contributed by atoms with van der Waals surface area (Å²) in [6.07, 6.45) is 5.59. The zero-order valence-corrected chi connectivity index (χ0v) is 10.0. The number of hydrogen-bond acceptors (Lipinski definition) is 3. The first-order chi connectivity index (χ1) is 7.84. The number of amides is 1. The molecule has 0 aromatic heterocycles. The number of carbonyl (C=O) groups excluding carboxylic acids is 1. The smallest absolute Gasteiger partial charge is 0.221 e. The van der Waals surface area contributed by atoms with Gasteiger partial charge < -0.3 is 15.5 Å². The summed E-state index contributed by atoms with van der Waals surface area (Å²) in [5, 5.41) is 6.43. The molecular weight excluding hydrogens is 202 g/mol. The number of nitrogens with zero attached hydrogens (tertiary/aromatic N) is 1. The highest BCUT2D eigenvalue weighted by Gasteiger charge is 2.17. The van der Waals surface area contributed by atoms with E-state index in [1.54, 1.807) is 0 Å². The Hall–Kier alpha value is -0.610. The van der Waals surface area contributed by atoms with Crippen LogP contribution in [0.25, 0.3) is 0 Å². The lowest BCUT2D eigenvalue weighted by molar-refractivity contribution is -0.121. The molecule has 4 nitrogen and oxygen atoms in total. The van der Waals surface area contributed by atoms with Crippen LogP contribution >= 0.6 is 0 Å². The van der Waals surface area contributed by atoms with Gasteiger partial charge in [0.05, 0.1) is 0 Å². The van der Waals surface area contributed by atoms with Crippen LogP contribution in [0.15, 0.2) is 0 Å². The summed E-state index contributed by atoms with van der Waals surface area (Å²) in [5.41, 5.74) is 0. The Kier molecular flexibility index (Phi) is 4.60. The third-order valence-electron chi connectivity index (χ3n) is 3.54. The maximum absolute atomic E-state index is 11.4. The molecule has 0 saturated carbocycles. The first-order valence-electron chi connectivity index (χ1n) is 6.57. The van der Waals surface area contributed by atoms with Crippen molar-refractivity contribution in [1.82, 2.24) is 15.5 Å². The maximum atomic E-state index is 11.4. The third-order valence-corrected chi connectivity index (χ3v) is 3.54. The van der Waals surface area contributed by atoms with Crippen molar-refractivity contribution in [1.29, 1.82) is 0 Å². The van der Waals surface area contributed by atoms with E-state index in [1.807, 2.05) is 0 Å². The van der Waals surface area contributed by atoms with Crippen LogP contribution in [0.3, 0.4) is 0 Å². The maximum Gasteiger partial charge on any atom is 0.221 e. The quantitative estimate of drug-likeness (QED) is 0.725. The summed E-state index contributed by atoms with van der Waals surface area (Å²) in [5.74, 6) is 0.205. The largest absolute Gasteiger partial charge is 0.356 e. The van der Waals surface area contributed by atoms with Crippen molar-refractivity contribution >= 4 is 5.91 Å². The van der Waals surface area contributed by atoms with Crippen molar-refractivity contribution in [2.75, 3.05) is 32.7 Å². The van der Waals surface area contributed by atoms with E-state index in [-0.39, 0.29) is 5.91 Å². The Balaban J connectivity index is 1.62. The molecule has 0 spiro atoms. The van der Waals surface area contributed by atoms with Crippen molar-refractivity contribution in [2.45, 2.75) is 38.1 Å². The van der Waals surface area contributed by atoms with Crippen molar-refractivity contribution in [2.24, 2.45) is 0 Å². The van der Waals surface area contributed by atoms with E-state index in [0.717, 1.165) is 32.5 Å². The van der Waals surface area contributed by atoms with Gasteiger partial charge in [-0.25, -0.2) is 0 Å². The second-order valence-corrected chi connectivity index (χ2v) is 4.90. The molecule has 1 unspecified atom stereocenters. The molecule has 2 rings (SSSR count). The van der Waals surface area contributed by atoms with E-state index < -0.39 is 0 Å². The topological polar surface area (TPSA) is 44.4 Å². The first kappa shape index (κ1) is 11.9. The molecule has 16 heavy (non-hydrogen) atoms. The number of likely N-dealkylation sites (tertiary alicyclic amines) is 1. The molecule has 2 N–H and O–H groups in total. The summed E-state index contributed by atoms with van der Waals surface area (Å²) in [6.45, 7) is 5.53. The van der Waals surface area contributed by atoms with Gasteiger partial charge in [-0.05, 0) is 38.8 Å². The highest BCUT2D eigenvalue weighted by Crippen LogP contribution is 2.07. The van der Waals surface area contributed by atoms with Crippen molar-refractivity contribution in [3.63, 3.8) is 0 Å². The van der Waals surface area contributed by atoms with Gasteiger partial charge in [0.25, 0.3) is 0 Å². The van der Waals surface area contributed by atoms with Crippen molar-refractivity contribution in [3.8, 4) is 0 Å². The molecule has 2 saturated heterocycles. The number of carbonyl (C=O) groups is 1. The fraction of sp³-hybridized carbons (Fsp3) is 0.917. The fourth-order valence-corrected chi connectivity index (χ4v) is 2.58. The third kappa shape index (κ3) is 3.76. The number of rotatable bonds is 4. The molecule has 1 atom stereocenters. The Bertz CT molecular complexity index is 226. The van der Waals surface area contributed by atoms with Crippen LogP contribution in [0.1, 0.15) is 32.1 Å². The normalized spacial score (nSPS) is 27.8. The number of nitrogens with one attached hydrogen (secondary N) is 2. The minimum absolute atomic E-state index is 0.205. The van der Waals surface area contributed by atoms with E-state index in [1.165, 1.54) is 25.9 Å². The lowest BCUT2D eigenvalue weighted by atomic mass is 10.1. The zero-order chi connectivity index (χ0) is 11.2. The fourth-order valence-electron chi connectivity index (χ4n) is 2.58. The van der Waals surface area contributed by atoms with Crippen LogP contribution in [-0.2, 0) is 4.79 Å². The van der Waals surface area contributed by atoms with Gasteiger partial charge in [0.15, 0.2) is 0 Å². The SMILES string of the molecule is O=C1CC(NCCN2CCCC2)CCCN1. The molecule has 1 amide bonds. The summed E-state index contributed by atoms with van der Waals surface area (Å²) in [6, 6.07) is 0.394. The van der Waals surface area contributed by atoms with E-state index in [0.29, 0.717) is 12.5 Å². The first-order valence-corrected chi connectivity index (χ1v) is 6.57. The molecule has 2 aliphatic rings.